The van der Waals surface area contributed by atoms with E-state index in [-0.39, 0.29) is 5.91 Å². The molecule has 0 aliphatic heterocycles. The summed E-state index contributed by atoms with van der Waals surface area (Å²) in [5, 5.41) is 4.41. The van der Waals surface area contributed by atoms with Gasteiger partial charge in [0.15, 0.2) is 0 Å². The van der Waals surface area contributed by atoms with Crippen LogP contribution in [0.5, 0.6) is 0 Å². The molecule has 6 heteroatoms. The normalized spacial score (nSPS) is 11.0. The zero-order chi connectivity index (χ0) is 19.8. The number of nitrogens with zero attached hydrogens (tertiary/aromatic N) is 1. The predicted octanol–water partition coefficient (Wildman–Crippen LogP) is 6.07. The number of aryl methyl sites for hydroxylation is 2. The van der Waals surface area contributed by atoms with E-state index in [1.54, 1.807) is 0 Å². The summed E-state index contributed by atoms with van der Waals surface area (Å²) in [6.45, 7) is 4.00. The highest BCUT2D eigenvalue weighted by Gasteiger charge is 2.18. The van der Waals surface area contributed by atoms with E-state index < -0.39 is 0 Å². The minimum Gasteiger partial charge on any atom is -0.397 e. The molecule has 2 heterocycles. The van der Waals surface area contributed by atoms with Crippen molar-refractivity contribution >= 4 is 50.4 Å². The first kappa shape index (κ1) is 18.5. The highest BCUT2D eigenvalue weighted by atomic mass is 35.5. The number of rotatable bonds is 3. The van der Waals surface area contributed by atoms with E-state index in [0.717, 1.165) is 38.3 Å². The minimum absolute atomic E-state index is 0.224. The Morgan fingerprint density at radius 3 is 2.39 bits per heavy atom. The number of benzene rings is 2. The van der Waals surface area contributed by atoms with Crippen LogP contribution in [0.1, 0.15) is 20.8 Å². The van der Waals surface area contributed by atoms with Crippen molar-refractivity contribution in [2.75, 3.05) is 11.1 Å². The van der Waals surface area contributed by atoms with Crippen molar-refractivity contribution in [2.24, 2.45) is 0 Å². The molecule has 140 valence electrons. The quantitative estimate of drug-likeness (QED) is 0.433. The number of nitrogen functional groups attached to an aromatic ring is 1. The summed E-state index contributed by atoms with van der Waals surface area (Å²) in [6, 6.07) is 17.2. The molecular weight excluding hydrogens is 390 g/mol. The second kappa shape index (κ2) is 7.26. The fraction of sp³-hybridized carbons (Fsp3) is 0.0909. The van der Waals surface area contributed by atoms with Crippen molar-refractivity contribution in [3.05, 3.63) is 75.6 Å². The lowest BCUT2D eigenvalue weighted by atomic mass is 10.1. The smallest absolute Gasteiger partial charge is 0.267 e. The Kier molecular flexibility index (Phi) is 4.79. The molecule has 0 spiro atoms. The number of carbonyl (C=O) groups excluding carboxylic acids is 1. The topological polar surface area (TPSA) is 68.0 Å². The van der Waals surface area contributed by atoms with E-state index in [9.17, 15) is 4.79 Å². The molecule has 1 amide bonds. The summed E-state index contributed by atoms with van der Waals surface area (Å²) in [6.07, 6.45) is 0. The van der Waals surface area contributed by atoms with Crippen LogP contribution in [0.15, 0.2) is 54.6 Å². The van der Waals surface area contributed by atoms with Gasteiger partial charge in [0.25, 0.3) is 5.91 Å². The number of hydrogen-bond acceptors (Lipinski definition) is 4. The number of carbonyl (C=O) groups is 1. The molecule has 3 N–H and O–H groups in total. The number of anilines is 2. The van der Waals surface area contributed by atoms with Gasteiger partial charge in [0.2, 0.25) is 0 Å². The second-order valence-corrected chi connectivity index (χ2v) is 8.17. The molecule has 0 aliphatic carbocycles. The first-order valence-corrected chi connectivity index (χ1v) is 9.95. The van der Waals surface area contributed by atoms with Crippen molar-refractivity contribution in [3.8, 4) is 11.3 Å². The Labute approximate surface area is 172 Å². The molecule has 4 nitrogen and oxygen atoms in total. The lowest BCUT2D eigenvalue weighted by Gasteiger charge is -2.07. The Balaban J connectivity index is 1.68. The van der Waals surface area contributed by atoms with Crippen LogP contribution in [0.2, 0.25) is 5.02 Å². The number of fused-ring (bicyclic) bond motifs is 1. The number of hydrogen-bond donors (Lipinski definition) is 2. The summed E-state index contributed by atoms with van der Waals surface area (Å²) in [7, 11) is 0. The molecule has 0 saturated carbocycles. The third-order valence-electron chi connectivity index (χ3n) is 4.42. The van der Waals surface area contributed by atoms with Gasteiger partial charge in [-0.3, -0.25) is 4.79 Å². The van der Waals surface area contributed by atoms with E-state index in [0.29, 0.717) is 15.6 Å². The van der Waals surface area contributed by atoms with E-state index in [4.69, 9.17) is 17.3 Å². The lowest BCUT2D eigenvalue weighted by molar-refractivity contribution is 0.103. The van der Waals surface area contributed by atoms with Crippen LogP contribution in [-0.4, -0.2) is 10.9 Å². The van der Waals surface area contributed by atoms with Gasteiger partial charge in [-0.05, 0) is 61.4 Å². The number of nitrogens with two attached hydrogens (primary N) is 1. The van der Waals surface area contributed by atoms with E-state index >= 15 is 0 Å². The van der Waals surface area contributed by atoms with Gasteiger partial charge in [-0.25, -0.2) is 4.98 Å². The zero-order valence-corrected chi connectivity index (χ0v) is 17.0. The molecule has 0 bridgehead atoms. The molecule has 0 fully saturated rings. The van der Waals surface area contributed by atoms with Crippen molar-refractivity contribution in [3.63, 3.8) is 0 Å². The molecule has 0 saturated heterocycles. The van der Waals surface area contributed by atoms with Crippen molar-refractivity contribution in [1.82, 2.24) is 4.98 Å². The molecule has 2 aromatic carbocycles. The molecule has 4 rings (SSSR count). The number of amides is 1. The molecule has 0 radical (unpaired) electrons. The molecular formula is C22H18ClN3OS. The number of halogens is 1. The van der Waals surface area contributed by atoms with Gasteiger partial charge < -0.3 is 11.1 Å². The molecule has 0 atom stereocenters. The van der Waals surface area contributed by atoms with Crippen molar-refractivity contribution in [1.29, 1.82) is 0 Å². The van der Waals surface area contributed by atoms with Gasteiger partial charge in [-0.1, -0.05) is 29.8 Å². The van der Waals surface area contributed by atoms with Gasteiger partial charge in [0.05, 0.1) is 11.4 Å². The van der Waals surface area contributed by atoms with Crippen LogP contribution >= 0.6 is 22.9 Å². The van der Waals surface area contributed by atoms with Gasteiger partial charge in [-0.2, -0.15) is 0 Å². The zero-order valence-electron chi connectivity index (χ0n) is 15.4. The number of thiophene rings is 1. The Hall–Kier alpha value is -2.89. The molecule has 0 unspecified atom stereocenters. The average molecular weight is 408 g/mol. The monoisotopic (exact) mass is 407 g/mol. The lowest BCUT2D eigenvalue weighted by Crippen LogP contribution is -2.12. The SMILES string of the molecule is Cc1cc(C)cc(NC(=O)c2sc3nc(-c4ccc(Cl)cc4)ccc3c2N)c1. The minimum atomic E-state index is -0.224. The number of nitrogens with one attached hydrogen (secondary N) is 1. The summed E-state index contributed by atoms with van der Waals surface area (Å²) < 4.78 is 0. The van der Waals surface area contributed by atoms with Crippen LogP contribution in [-0.2, 0) is 0 Å². The maximum Gasteiger partial charge on any atom is 0.267 e. The molecule has 4 aromatic rings. The van der Waals surface area contributed by atoms with E-state index in [1.165, 1.54) is 11.3 Å². The van der Waals surface area contributed by atoms with Gasteiger partial charge >= 0.3 is 0 Å². The van der Waals surface area contributed by atoms with E-state index in [2.05, 4.69) is 16.4 Å². The third kappa shape index (κ3) is 3.59. The van der Waals surface area contributed by atoms with Crippen LogP contribution in [0.4, 0.5) is 11.4 Å². The van der Waals surface area contributed by atoms with Gasteiger partial charge in [0.1, 0.15) is 9.71 Å². The molecule has 0 aliphatic rings. The summed E-state index contributed by atoms with van der Waals surface area (Å²) in [5.41, 5.74) is 11.4. The predicted molar refractivity (Wildman–Crippen MR) is 118 cm³/mol. The van der Waals surface area contributed by atoms with Crippen molar-refractivity contribution < 1.29 is 4.79 Å². The van der Waals surface area contributed by atoms with Crippen LogP contribution in [0, 0.1) is 13.8 Å². The van der Waals surface area contributed by atoms with Crippen LogP contribution in [0.25, 0.3) is 21.5 Å². The molecule has 28 heavy (non-hydrogen) atoms. The standard InChI is InChI=1S/C22H18ClN3OS/c1-12-9-13(2)11-16(10-12)25-21(27)20-19(24)17-7-8-18(26-22(17)28-20)14-3-5-15(23)6-4-14/h3-11H,24H2,1-2H3,(H,25,27). The highest BCUT2D eigenvalue weighted by Crippen LogP contribution is 2.35. The Morgan fingerprint density at radius 1 is 1.04 bits per heavy atom. The first-order chi connectivity index (χ1) is 13.4. The average Bonchev–Trinajstić information content (AvgIpc) is 2.98. The summed E-state index contributed by atoms with van der Waals surface area (Å²) in [5.74, 6) is -0.224. The fourth-order valence-electron chi connectivity index (χ4n) is 3.18. The van der Waals surface area contributed by atoms with Crippen LogP contribution in [0.3, 0.4) is 0 Å². The number of pyridine rings is 1. The maximum absolute atomic E-state index is 12.8. The van der Waals surface area contributed by atoms with Gasteiger partial charge in [0, 0.05) is 21.7 Å². The van der Waals surface area contributed by atoms with Crippen LogP contribution < -0.4 is 11.1 Å². The van der Waals surface area contributed by atoms with E-state index in [1.807, 2.05) is 62.4 Å². The fourth-order valence-corrected chi connectivity index (χ4v) is 4.30. The number of aromatic nitrogens is 1. The Morgan fingerprint density at radius 2 is 1.71 bits per heavy atom. The maximum atomic E-state index is 12.8. The summed E-state index contributed by atoms with van der Waals surface area (Å²) >= 11 is 7.26. The highest BCUT2D eigenvalue weighted by molar-refractivity contribution is 7.21. The van der Waals surface area contributed by atoms with Gasteiger partial charge in [-0.15, -0.1) is 11.3 Å². The molecule has 2 aromatic heterocycles. The second-order valence-electron chi connectivity index (χ2n) is 6.73. The Bertz CT molecular complexity index is 1180. The largest absolute Gasteiger partial charge is 0.397 e. The van der Waals surface area contributed by atoms with Crippen molar-refractivity contribution in [2.45, 2.75) is 13.8 Å². The summed E-state index contributed by atoms with van der Waals surface area (Å²) in [4.78, 5) is 18.7. The third-order valence-corrected chi connectivity index (χ3v) is 5.79. The first-order valence-electron chi connectivity index (χ1n) is 8.75.